The molecule has 0 aliphatic rings. The number of anilines is 1. The lowest BCUT2D eigenvalue weighted by atomic mass is 9.99. The first kappa shape index (κ1) is 21.3. The van der Waals surface area contributed by atoms with Crippen molar-refractivity contribution in [1.29, 1.82) is 0 Å². The number of alkyl halides is 3. The fraction of sp³-hybridized carbons (Fsp3) is 0.182. The second kappa shape index (κ2) is 8.96. The van der Waals surface area contributed by atoms with E-state index in [4.69, 9.17) is 0 Å². The minimum absolute atomic E-state index is 0.0453. The van der Waals surface area contributed by atoms with Crippen LogP contribution in [0.25, 0.3) is 10.8 Å². The number of amides is 2. The molecule has 2 amide bonds. The lowest BCUT2D eigenvalue weighted by Crippen LogP contribution is -2.36. The molecule has 0 aromatic heterocycles. The average molecular weight is 416 g/mol. The number of rotatable bonds is 5. The molecule has 0 saturated carbocycles. The molecule has 3 N–H and O–H groups in total. The summed E-state index contributed by atoms with van der Waals surface area (Å²) in [5.41, 5.74) is -0.0668. The van der Waals surface area contributed by atoms with E-state index >= 15 is 0 Å². The van der Waals surface area contributed by atoms with Crippen LogP contribution >= 0.6 is 0 Å². The van der Waals surface area contributed by atoms with E-state index in [-0.39, 0.29) is 18.7 Å². The number of nitrogens with one attached hydrogen (secondary N) is 2. The van der Waals surface area contributed by atoms with Gasteiger partial charge >= 0.3 is 18.0 Å². The van der Waals surface area contributed by atoms with Crippen LogP contribution in [0.2, 0.25) is 0 Å². The van der Waals surface area contributed by atoms with Crippen LogP contribution < -0.4 is 10.6 Å². The molecule has 1 atom stereocenters. The van der Waals surface area contributed by atoms with E-state index in [2.05, 4.69) is 10.6 Å². The standard InChI is InChI=1S/C22H19F3N2O3/c23-22(24,25)15-8-10-16(11-9-15)27-21(30)20(29)26-13-12-19(28)18-7-3-5-14-4-1-2-6-17(14)18/h1-11,19,28H,12-13H2,(H,26,29)(H,27,30). The summed E-state index contributed by atoms with van der Waals surface area (Å²) in [5.74, 6) is -1.95. The maximum absolute atomic E-state index is 12.6. The van der Waals surface area contributed by atoms with Gasteiger partial charge in [0.1, 0.15) is 0 Å². The van der Waals surface area contributed by atoms with Gasteiger partial charge in [-0.3, -0.25) is 9.59 Å². The minimum atomic E-state index is -4.48. The Morgan fingerprint density at radius 2 is 1.57 bits per heavy atom. The van der Waals surface area contributed by atoms with Gasteiger partial charge in [-0.2, -0.15) is 13.2 Å². The molecular formula is C22H19F3N2O3. The Morgan fingerprint density at radius 3 is 2.27 bits per heavy atom. The van der Waals surface area contributed by atoms with Crippen LogP contribution in [0.3, 0.4) is 0 Å². The highest BCUT2D eigenvalue weighted by Crippen LogP contribution is 2.30. The molecule has 30 heavy (non-hydrogen) atoms. The largest absolute Gasteiger partial charge is 0.416 e. The smallest absolute Gasteiger partial charge is 0.388 e. The van der Waals surface area contributed by atoms with Crippen LogP contribution in [0.5, 0.6) is 0 Å². The van der Waals surface area contributed by atoms with Gasteiger partial charge in [0.25, 0.3) is 0 Å². The number of aliphatic hydroxyl groups excluding tert-OH is 1. The lowest BCUT2D eigenvalue weighted by molar-refractivity contribution is -0.137. The summed E-state index contributed by atoms with van der Waals surface area (Å²) in [6.07, 6.45) is -5.13. The summed E-state index contributed by atoms with van der Waals surface area (Å²) < 4.78 is 37.7. The van der Waals surface area contributed by atoms with Crippen LogP contribution in [-0.2, 0) is 15.8 Å². The summed E-state index contributed by atoms with van der Waals surface area (Å²) in [4.78, 5) is 23.8. The van der Waals surface area contributed by atoms with Crippen LogP contribution in [0.15, 0.2) is 66.7 Å². The summed E-state index contributed by atoms with van der Waals surface area (Å²) in [7, 11) is 0. The van der Waals surface area contributed by atoms with E-state index < -0.39 is 29.7 Å². The van der Waals surface area contributed by atoms with Crippen molar-refractivity contribution in [1.82, 2.24) is 5.32 Å². The molecule has 3 aromatic carbocycles. The van der Waals surface area contributed by atoms with Gasteiger partial charge in [-0.25, -0.2) is 0 Å². The molecule has 0 aliphatic carbocycles. The Kier molecular flexibility index (Phi) is 6.37. The number of aliphatic hydroxyl groups is 1. The van der Waals surface area contributed by atoms with Gasteiger partial charge in [-0.1, -0.05) is 42.5 Å². The lowest BCUT2D eigenvalue weighted by Gasteiger charge is -2.14. The third-order valence-electron chi connectivity index (χ3n) is 4.56. The second-order valence-electron chi connectivity index (χ2n) is 6.66. The molecule has 0 aliphatic heterocycles. The highest BCUT2D eigenvalue weighted by molar-refractivity contribution is 6.39. The summed E-state index contributed by atoms with van der Waals surface area (Å²) in [6.45, 7) is 0.0453. The zero-order valence-electron chi connectivity index (χ0n) is 15.7. The first-order chi connectivity index (χ1) is 14.3. The molecule has 0 fully saturated rings. The van der Waals surface area contributed by atoms with E-state index in [0.717, 1.165) is 40.6 Å². The zero-order chi connectivity index (χ0) is 21.7. The topological polar surface area (TPSA) is 78.4 Å². The van der Waals surface area contributed by atoms with Crippen molar-refractivity contribution in [3.8, 4) is 0 Å². The number of carbonyl (C=O) groups is 2. The molecule has 0 saturated heterocycles. The third kappa shape index (κ3) is 5.15. The van der Waals surface area contributed by atoms with E-state index in [1.54, 1.807) is 6.07 Å². The number of fused-ring (bicyclic) bond motifs is 1. The Hall–Kier alpha value is -3.39. The monoisotopic (exact) mass is 416 g/mol. The van der Waals surface area contributed by atoms with Crippen molar-refractivity contribution >= 4 is 28.3 Å². The first-order valence-electron chi connectivity index (χ1n) is 9.18. The first-order valence-corrected chi connectivity index (χ1v) is 9.18. The number of halogens is 3. The number of carbonyl (C=O) groups excluding carboxylic acids is 2. The second-order valence-corrected chi connectivity index (χ2v) is 6.66. The molecular weight excluding hydrogens is 397 g/mol. The van der Waals surface area contributed by atoms with Gasteiger partial charge in [0.15, 0.2) is 0 Å². The van der Waals surface area contributed by atoms with Crippen LogP contribution in [0.1, 0.15) is 23.7 Å². The van der Waals surface area contributed by atoms with Crippen molar-refractivity contribution in [2.75, 3.05) is 11.9 Å². The summed E-state index contributed by atoms with van der Waals surface area (Å²) >= 11 is 0. The Labute approximate surface area is 170 Å². The molecule has 0 spiro atoms. The van der Waals surface area contributed by atoms with Crippen LogP contribution in [0, 0.1) is 0 Å². The average Bonchev–Trinajstić information content (AvgIpc) is 2.72. The van der Waals surface area contributed by atoms with Gasteiger partial charge in [-0.15, -0.1) is 0 Å². The Bertz CT molecular complexity index is 1040. The van der Waals surface area contributed by atoms with Crippen molar-refractivity contribution in [3.63, 3.8) is 0 Å². The number of hydrogen-bond donors (Lipinski definition) is 3. The Balaban J connectivity index is 1.52. The summed E-state index contributed by atoms with van der Waals surface area (Å²) in [5, 5.41) is 17.0. The molecule has 0 bridgehead atoms. The zero-order valence-corrected chi connectivity index (χ0v) is 15.7. The fourth-order valence-electron chi connectivity index (χ4n) is 3.03. The van der Waals surface area contributed by atoms with Gasteiger partial charge in [0.05, 0.1) is 11.7 Å². The fourth-order valence-corrected chi connectivity index (χ4v) is 3.03. The molecule has 8 heteroatoms. The van der Waals surface area contributed by atoms with Gasteiger partial charge in [0.2, 0.25) is 0 Å². The molecule has 3 rings (SSSR count). The van der Waals surface area contributed by atoms with Gasteiger partial charge in [0, 0.05) is 12.2 Å². The molecule has 3 aromatic rings. The van der Waals surface area contributed by atoms with Crippen LogP contribution in [0.4, 0.5) is 18.9 Å². The van der Waals surface area contributed by atoms with E-state index in [1.807, 2.05) is 36.4 Å². The predicted octanol–water partition coefficient (Wildman–Crippen LogP) is 4.04. The summed E-state index contributed by atoms with van der Waals surface area (Å²) in [6, 6.07) is 16.9. The molecule has 1 unspecified atom stereocenters. The minimum Gasteiger partial charge on any atom is -0.388 e. The normalized spacial score (nSPS) is 12.4. The van der Waals surface area contributed by atoms with Crippen molar-refractivity contribution in [3.05, 3.63) is 77.9 Å². The number of benzene rings is 3. The quantitative estimate of drug-likeness (QED) is 0.550. The SMILES string of the molecule is O=C(NCCC(O)c1cccc2ccccc12)C(=O)Nc1ccc(C(F)(F)F)cc1. The maximum atomic E-state index is 12.6. The Morgan fingerprint density at radius 1 is 0.900 bits per heavy atom. The third-order valence-corrected chi connectivity index (χ3v) is 4.56. The molecule has 0 heterocycles. The molecule has 5 nitrogen and oxygen atoms in total. The van der Waals surface area contributed by atoms with Crippen molar-refractivity contribution in [2.45, 2.75) is 18.7 Å². The van der Waals surface area contributed by atoms with E-state index in [0.29, 0.717) is 0 Å². The van der Waals surface area contributed by atoms with Crippen molar-refractivity contribution < 1.29 is 27.9 Å². The van der Waals surface area contributed by atoms with Gasteiger partial charge in [-0.05, 0) is 47.0 Å². The van der Waals surface area contributed by atoms with Gasteiger partial charge < -0.3 is 15.7 Å². The maximum Gasteiger partial charge on any atom is 0.416 e. The molecule has 0 radical (unpaired) electrons. The predicted molar refractivity (Wildman–Crippen MR) is 107 cm³/mol. The highest BCUT2D eigenvalue weighted by Gasteiger charge is 2.30. The van der Waals surface area contributed by atoms with E-state index in [9.17, 15) is 27.9 Å². The number of hydrogen-bond acceptors (Lipinski definition) is 3. The van der Waals surface area contributed by atoms with E-state index in [1.165, 1.54) is 0 Å². The van der Waals surface area contributed by atoms with Crippen molar-refractivity contribution in [2.24, 2.45) is 0 Å². The highest BCUT2D eigenvalue weighted by atomic mass is 19.4. The van der Waals surface area contributed by atoms with Crippen LogP contribution in [-0.4, -0.2) is 23.5 Å². The molecule has 156 valence electrons.